The van der Waals surface area contributed by atoms with Crippen molar-refractivity contribution < 1.29 is 9.53 Å². The van der Waals surface area contributed by atoms with Gasteiger partial charge in [-0.1, -0.05) is 35.9 Å². The first-order valence-electron chi connectivity index (χ1n) is 7.19. The van der Waals surface area contributed by atoms with E-state index in [9.17, 15) is 4.79 Å². The van der Waals surface area contributed by atoms with E-state index in [0.717, 1.165) is 16.8 Å². The van der Waals surface area contributed by atoms with Crippen molar-refractivity contribution >= 4 is 46.6 Å². The topological polar surface area (TPSA) is 50.4 Å². The number of carbonyl (C=O) groups is 1. The highest BCUT2D eigenvalue weighted by atomic mass is 35.5. The van der Waals surface area contributed by atoms with E-state index in [1.807, 2.05) is 43.3 Å². The quantitative estimate of drug-likeness (QED) is 0.634. The molecule has 0 heterocycles. The summed E-state index contributed by atoms with van der Waals surface area (Å²) in [7, 11) is 1.58. The minimum absolute atomic E-state index is 0.204. The van der Waals surface area contributed by atoms with Crippen LogP contribution in [0.5, 0.6) is 5.75 Å². The van der Waals surface area contributed by atoms with Crippen LogP contribution in [0.3, 0.4) is 0 Å². The van der Waals surface area contributed by atoms with E-state index in [-0.39, 0.29) is 11.0 Å². The van der Waals surface area contributed by atoms with Crippen LogP contribution in [-0.4, -0.2) is 18.1 Å². The molecular formula is C18H17ClN2O2S. The molecule has 0 atom stereocenters. The third kappa shape index (κ3) is 4.81. The first-order valence-corrected chi connectivity index (χ1v) is 7.98. The van der Waals surface area contributed by atoms with Crippen LogP contribution in [0.2, 0.25) is 5.02 Å². The molecule has 2 aromatic carbocycles. The molecule has 0 saturated carbocycles. The van der Waals surface area contributed by atoms with Gasteiger partial charge in [-0.25, -0.2) is 0 Å². The van der Waals surface area contributed by atoms with Crippen molar-refractivity contribution in [1.29, 1.82) is 0 Å². The summed E-state index contributed by atoms with van der Waals surface area (Å²) in [6.45, 7) is 1.87. The first kappa shape index (κ1) is 18.0. The van der Waals surface area contributed by atoms with E-state index < -0.39 is 0 Å². The van der Waals surface area contributed by atoms with Crippen LogP contribution in [0.1, 0.15) is 11.1 Å². The molecule has 4 nitrogen and oxygen atoms in total. The molecule has 0 radical (unpaired) electrons. The molecule has 24 heavy (non-hydrogen) atoms. The van der Waals surface area contributed by atoms with Crippen LogP contribution in [-0.2, 0) is 4.79 Å². The summed E-state index contributed by atoms with van der Waals surface area (Å²) in [6.07, 6.45) is 3.07. The average molecular weight is 361 g/mol. The Labute approximate surface area is 151 Å². The Morgan fingerprint density at radius 2 is 1.96 bits per heavy atom. The van der Waals surface area contributed by atoms with E-state index >= 15 is 0 Å². The number of thiocarbonyl (C=S) groups is 1. The van der Waals surface area contributed by atoms with E-state index in [0.29, 0.717) is 10.8 Å². The summed E-state index contributed by atoms with van der Waals surface area (Å²) >= 11 is 11.2. The van der Waals surface area contributed by atoms with Crippen molar-refractivity contribution in [2.75, 3.05) is 12.4 Å². The highest BCUT2D eigenvalue weighted by molar-refractivity contribution is 7.80. The van der Waals surface area contributed by atoms with Crippen LogP contribution < -0.4 is 15.4 Å². The summed E-state index contributed by atoms with van der Waals surface area (Å²) in [5.41, 5.74) is 2.42. The molecule has 0 aliphatic heterocycles. The van der Waals surface area contributed by atoms with Crippen molar-refractivity contribution in [2.24, 2.45) is 0 Å². The fourth-order valence-electron chi connectivity index (χ4n) is 2.02. The second-order valence-electron chi connectivity index (χ2n) is 4.93. The van der Waals surface area contributed by atoms with Crippen LogP contribution in [0.25, 0.3) is 6.08 Å². The fraction of sp³-hybridized carbons (Fsp3) is 0.111. The van der Waals surface area contributed by atoms with Gasteiger partial charge in [0.15, 0.2) is 5.11 Å². The van der Waals surface area contributed by atoms with E-state index in [1.165, 1.54) is 6.08 Å². The van der Waals surface area contributed by atoms with Gasteiger partial charge >= 0.3 is 0 Å². The van der Waals surface area contributed by atoms with Gasteiger partial charge in [0.1, 0.15) is 5.75 Å². The number of nitrogens with one attached hydrogen (secondary N) is 2. The van der Waals surface area contributed by atoms with Crippen molar-refractivity contribution in [3.05, 3.63) is 64.7 Å². The molecule has 0 fully saturated rings. The Morgan fingerprint density at radius 1 is 1.21 bits per heavy atom. The summed E-state index contributed by atoms with van der Waals surface area (Å²) in [5, 5.41) is 6.39. The summed E-state index contributed by atoms with van der Waals surface area (Å²) in [4.78, 5) is 12.0. The van der Waals surface area contributed by atoms with Crippen LogP contribution in [0.4, 0.5) is 5.69 Å². The second kappa shape index (κ2) is 8.47. The van der Waals surface area contributed by atoms with Gasteiger partial charge in [0, 0.05) is 22.3 Å². The average Bonchev–Trinajstić information content (AvgIpc) is 2.57. The van der Waals surface area contributed by atoms with E-state index in [4.69, 9.17) is 28.6 Å². The third-order valence-corrected chi connectivity index (χ3v) is 3.92. The van der Waals surface area contributed by atoms with Crippen LogP contribution in [0.15, 0.2) is 48.5 Å². The standard InChI is InChI=1S/C18H17ClN2O2S/c1-12-14(19)7-5-8-15(12)20-18(24)21-17(22)11-10-13-6-3-4-9-16(13)23-2/h3-11H,1-2H3,(H2,20,21,22,24). The maximum Gasteiger partial charge on any atom is 0.250 e. The maximum atomic E-state index is 12.0. The number of ether oxygens (including phenoxy) is 1. The number of anilines is 1. The fourth-order valence-corrected chi connectivity index (χ4v) is 2.40. The molecule has 0 aliphatic carbocycles. The second-order valence-corrected chi connectivity index (χ2v) is 5.75. The molecule has 0 saturated heterocycles. The maximum absolute atomic E-state index is 12.0. The van der Waals surface area contributed by atoms with Gasteiger partial charge in [0.25, 0.3) is 0 Å². The Balaban J connectivity index is 1.98. The Bertz CT molecular complexity index is 790. The molecule has 2 N–H and O–H groups in total. The molecule has 1 amide bonds. The number of para-hydroxylation sites is 1. The number of rotatable bonds is 4. The lowest BCUT2D eigenvalue weighted by Crippen LogP contribution is -2.33. The van der Waals surface area contributed by atoms with Gasteiger partial charge in [-0.15, -0.1) is 0 Å². The van der Waals surface area contributed by atoms with E-state index in [2.05, 4.69) is 10.6 Å². The molecule has 0 aromatic heterocycles. The molecule has 0 unspecified atom stereocenters. The van der Waals surface area contributed by atoms with Crippen molar-refractivity contribution in [1.82, 2.24) is 5.32 Å². The van der Waals surface area contributed by atoms with E-state index in [1.54, 1.807) is 19.3 Å². The summed E-state index contributed by atoms with van der Waals surface area (Å²) in [5.74, 6) is 0.356. The number of hydrogen-bond acceptors (Lipinski definition) is 3. The Kier molecular flexibility index (Phi) is 6.35. The number of carbonyl (C=O) groups excluding carboxylic acids is 1. The van der Waals surface area contributed by atoms with Gasteiger partial charge in [0.05, 0.1) is 7.11 Å². The minimum atomic E-state index is -0.335. The Morgan fingerprint density at radius 3 is 2.71 bits per heavy atom. The molecule has 0 bridgehead atoms. The van der Waals surface area contributed by atoms with Gasteiger partial charge in [-0.2, -0.15) is 0 Å². The molecule has 0 aliphatic rings. The number of amides is 1. The number of methoxy groups -OCH3 is 1. The largest absolute Gasteiger partial charge is 0.496 e. The first-order chi connectivity index (χ1) is 11.5. The third-order valence-electron chi connectivity index (χ3n) is 3.31. The van der Waals surface area contributed by atoms with Gasteiger partial charge in [-0.05, 0) is 49.0 Å². The Hall–Kier alpha value is -2.37. The van der Waals surface area contributed by atoms with Crippen molar-refractivity contribution in [3.8, 4) is 5.75 Å². The predicted octanol–water partition coefficient (Wildman–Crippen LogP) is 4.18. The number of hydrogen-bond donors (Lipinski definition) is 2. The van der Waals surface area contributed by atoms with Gasteiger partial charge < -0.3 is 10.1 Å². The SMILES string of the molecule is COc1ccccc1C=CC(=O)NC(=S)Nc1cccc(Cl)c1C. The van der Waals surface area contributed by atoms with Crippen LogP contribution in [0, 0.1) is 6.92 Å². The smallest absolute Gasteiger partial charge is 0.250 e. The normalized spacial score (nSPS) is 10.5. The van der Waals surface area contributed by atoms with Gasteiger partial charge in [0.2, 0.25) is 5.91 Å². The number of benzene rings is 2. The lowest BCUT2D eigenvalue weighted by Gasteiger charge is -2.11. The van der Waals surface area contributed by atoms with Crippen molar-refractivity contribution in [2.45, 2.75) is 6.92 Å². The van der Waals surface area contributed by atoms with Crippen molar-refractivity contribution in [3.63, 3.8) is 0 Å². The highest BCUT2D eigenvalue weighted by Crippen LogP contribution is 2.22. The molecule has 0 spiro atoms. The summed E-state index contributed by atoms with van der Waals surface area (Å²) < 4.78 is 5.23. The predicted molar refractivity (Wildman–Crippen MR) is 103 cm³/mol. The monoisotopic (exact) mass is 360 g/mol. The molecule has 2 aromatic rings. The zero-order valence-corrected chi connectivity index (χ0v) is 14.9. The zero-order valence-electron chi connectivity index (χ0n) is 13.3. The molecule has 2 rings (SSSR count). The summed E-state index contributed by atoms with van der Waals surface area (Å²) in [6, 6.07) is 12.9. The minimum Gasteiger partial charge on any atom is -0.496 e. The molecular weight excluding hydrogens is 344 g/mol. The molecule has 124 valence electrons. The lowest BCUT2D eigenvalue weighted by molar-refractivity contribution is -0.115. The number of halogens is 1. The zero-order chi connectivity index (χ0) is 17.5. The lowest BCUT2D eigenvalue weighted by atomic mass is 10.2. The highest BCUT2D eigenvalue weighted by Gasteiger charge is 2.06. The molecule has 6 heteroatoms. The van der Waals surface area contributed by atoms with Crippen LogP contribution >= 0.6 is 23.8 Å². The van der Waals surface area contributed by atoms with Gasteiger partial charge in [-0.3, -0.25) is 10.1 Å².